The van der Waals surface area contributed by atoms with E-state index in [4.69, 9.17) is 9.84 Å². The Morgan fingerprint density at radius 2 is 1.87 bits per heavy atom. The van der Waals surface area contributed by atoms with Gasteiger partial charge in [-0.2, -0.15) is 0 Å². The Kier molecular flexibility index (Phi) is 6.52. The maximum absolute atomic E-state index is 12.9. The molecule has 126 valence electrons. The molecule has 0 atom stereocenters. The minimum Gasteiger partial charge on any atom is -0.480 e. The van der Waals surface area contributed by atoms with Crippen molar-refractivity contribution < 1.29 is 23.8 Å². The van der Waals surface area contributed by atoms with Crippen molar-refractivity contribution in [3.8, 4) is 0 Å². The standard InChI is InChI=1S/C17H22FNO4/c18-15-4-1-14(2-5-15)11-19(12-17(21)22)16(20)6-3-13-7-9-23-10-8-13/h1-2,4-5,13H,3,6-12H2,(H,21,22). The quantitative estimate of drug-likeness (QED) is 0.837. The van der Waals surface area contributed by atoms with Crippen molar-refractivity contribution in [2.24, 2.45) is 5.92 Å². The van der Waals surface area contributed by atoms with Crippen LogP contribution in [0.15, 0.2) is 24.3 Å². The first-order chi connectivity index (χ1) is 11.0. The first-order valence-corrected chi connectivity index (χ1v) is 7.86. The van der Waals surface area contributed by atoms with E-state index in [1.165, 1.54) is 17.0 Å². The van der Waals surface area contributed by atoms with Crippen molar-refractivity contribution in [2.45, 2.75) is 32.2 Å². The molecule has 0 aliphatic carbocycles. The fourth-order valence-electron chi connectivity index (χ4n) is 2.73. The average Bonchev–Trinajstić information content (AvgIpc) is 2.54. The number of carboxylic acid groups (broad SMARTS) is 1. The monoisotopic (exact) mass is 323 g/mol. The number of nitrogens with zero attached hydrogens (tertiary/aromatic N) is 1. The van der Waals surface area contributed by atoms with Crippen LogP contribution in [0.2, 0.25) is 0 Å². The van der Waals surface area contributed by atoms with Crippen molar-refractivity contribution in [1.82, 2.24) is 4.90 Å². The van der Waals surface area contributed by atoms with Gasteiger partial charge in [0.1, 0.15) is 12.4 Å². The van der Waals surface area contributed by atoms with Crippen molar-refractivity contribution in [1.29, 1.82) is 0 Å². The number of carbonyl (C=O) groups is 2. The van der Waals surface area contributed by atoms with Gasteiger partial charge in [-0.3, -0.25) is 9.59 Å². The lowest BCUT2D eigenvalue weighted by atomic mass is 9.94. The highest BCUT2D eigenvalue weighted by Crippen LogP contribution is 2.21. The number of hydrogen-bond acceptors (Lipinski definition) is 3. The summed E-state index contributed by atoms with van der Waals surface area (Å²) < 4.78 is 18.2. The highest BCUT2D eigenvalue weighted by atomic mass is 19.1. The summed E-state index contributed by atoms with van der Waals surface area (Å²) >= 11 is 0. The lowest BCUT2D eigenvalue weighted by molar-refractivity contribution is -0.145. The van der Waals surface area contributed by atoms with Gasteiger partial charge in [0.15, 0.2) is 0 Å². The van der Waals surface area contributed by atoms with E-state index in [2.05, 4.69) is 0 Å². The van der Waals surface area contributed by atoms with Crippen LogP contribution in [0, 0.1) is 11.7 Å². The summed E-state index contributed by atoms with van der Waals surface area (Å²) in [5, 5.41) is 9.00. The van der Waals surface area contributed by atoms with Crippen LogP contribution in [0.5, 0.6) is 0 Å². The van der Waals surface area contributed by atoms with E-state index in [-0.39, 0.29) is 24.8 Å². The molecule has 0 radical (unpaired) electrons. The molecule has 0 saturated carbocycles. The molecule has 1 amide bonds. The Morgan fingerprint density at radius 1 is 1.22 bits per heavy atom. The third-order valence-corrected chi connectivity index (χ3v) is 4.07. The van der Waals surface area contributed by atoms with Crippen molar-refractivity contribution >= 4 is 11.9 Å². The molecular weight excluding hydrogens is 301 g/mol. The molecule has 0 aromatic heterocycles. The molecule has 1 heterocycles. The van der Waals surface area contributed by atoms with E-state index < -0.39 is 5.97 Å². The molecule has 1 saturated heterocycles. The van der Waals surface area contributed by atoms with Gasteiger partial charge in [0.05, 0.1) is 0 Å². The molecule has 1 aromatic carbocycles. The number of benzene rings is 1. The van der Waals surface area contributed by atoms with Gasteiger partial charge in [0.25, 0.3) is 0 Å². The van der Waals surface area contributed by atoms with Gasteiger partial charge in [0, 0.05) is 26.2 Å². The van der Waals surface area contributed by atoms with Crippen LogP contribution in [-0.2, 0) is 20.9 Å². The second kappa shape index (κ2) is 8.62. The maximum Gasteiger partial charge on any atom is 0.323 e. The van der Waals surface area contributed by atoms with E-state index in [9.17, 15) is 14.0 Å². The Balaban J connectivity index is 1.91. The summed E-state index contributed by atoms with van der Waals surface area (Å²) in [5.74, 6) is -1.12. The number of carboxylic acids is 1. The van der Waals surface area contributed by atoms with Crippen LogP contribution in [0.25, 0.3) is 0 Å². The number of aliphatic carboxylic acids is 1. The highest BCUT2D eigenvalue weighted by molar-refractivity contribution is 5.81. The van der Waals surface area contributed by atoms with Crippen LogP contribution in [0.1, 0.15) is 31.2 Å². The summed E-state index contributed by atoms with van der Waals surface area (Å²) in [6.45, 7) is 1.30. The molecule has 1 N–H and O–H groups in total. The topological polar surface area (TPSA) is 66.8 Å². The molecule has 0 spiro atoms. The first kappa shape index (κ1) is 17.4. The average molecular weight is 323 g/mol. The van der Waals surface area contributed by atoms with Gasteiger partial charge in [0.2, 0.25) is 5.91 Å². The van der Waals surface area contributed by atoms with Crippen LogP contribution < -0.4 is 0 Å². The van der Waals surface area contributed by atoms with Gasteiger partial charge in [-0.05, 0) is 42.9 Å². The zero-order valence-corrected chi connectivity index (χ0v) is 13.0. The fraction of sp³-hybridized carbons (Fsp3) is 0.529. The largest absolute Gasteiger partial charge is 0.480 e. The molecule has 5 nitrogen and oxygen atoms in total. The third kappa shape index (κ3) is 5.98. The SMILES string of the molecule is O=C(O)CN(Cc1ccc(F)cc1)C(=O)CCC1CCOCC1. The Bertz CT molecular complexity index is 526. The van der Waals surface area contributed by atoms with Gasteiger partial charge >= 0.3 is 5.97 Å². The molecule has 0 unspecified atom stereocenters. The second-order valence-electron chi connectivity index (χ2n) is 5.86. The van der Waals surface area contributed by atoms with Gasteiger partial charge in [-0.25, -0.2) is 4.39 Å². The molecule has 23 heavy (non-hydrogen) atoms. The van der Waals surface area contributed by atoms with Crippen LogP contribution in [0.4, 0.5) is 4.39 Å². The number of ether oxygens (including phenoxy) is 1. The molecule has 6 heteroatoms. The van der Waals surface area contributed by atoms with Crippen LogP contribution >= 0.6 is 0 Å². The van der Waals surface area contributed by atoms with Crippen molar-refractivity contribution in [3.63, 3.8) is 0 Å². The Morgan fingerprint density at radius 3 is 2.48 bits per heavy atom. The van der Waals surface area contributed by atoms with Crippen LogP contribution in [0.3, 0.4) is 0 Å². The Hall–Kier alpha value is -1.95. The fourth-order valence-corrected chi connectivity index (χ4v) is 2.73. The number of hydrogen-bond donors (Lipinski definition) is 1. The van der Waals surface area contributed by atoms with E-state index in [1.807, 2.05) is 0 Å². The van der Waals surface area contributed by atoms with E-state index in [0.717, 1.165) is 32.5 Å². The van der Waals surface area contributed by atoms with Crippen molar-refractivity contribution in [3.05, 3.63) is 35.6 Å². The maximum atomic E-state index is 12.9. The second-order valence-corrected chi connectivity index (χ2v) is 5.86. The van der Waals surface area contributed by atoms with E-state index >= 15 is 0 Å². The minimum atomic E-state index is -1.05. The summed E-state index contributed by atoms with van der Waals surface area (Å²) in [5.41, 5.74) is 0.715. The number of halogens is 1. The zero-order chi connectivity index (χ0) is 16.7. The molecule has 1 fully saturated rings. The molecule has 1 aliphatic rings. The normalized spacial score (nSPS) is 15.3. The summed E-state index contributed by atoms with van der Waals surface area (Å²) in [6, 6.07) is 5.74. The zero-order valence-electron chi connectivity index (χ0n) is 13.0. The summed E-state index contributed by atoms with van der Waals surface area (Å²) in [6.07, 6.45) is 2.98. The van der Waals surface area contributed by atoms with E-state index in [0.29, 0.717) is 17.9 Å². The van der Waals surface area contributed by atoms with Gasteiger partial charge in [-0.1, -0.05) is 12.1 Å². The molecule has 2 rings (SSSR count). The van der Waals surface area contributed by atoms with Crippen molar-refractivity contribution in [2.75, 3.05) is 19.8 Å². The molecule has 1 aliphatic heterocycles. The third-order valence-electron chi connectivity index (χ3n) is 4.07. The number of amides is 1. The molecule has 0 bridgehead atoms. The lowest BCUT2D eigenvalue weighted by Gasteiger charge is -2.24. The number of rotatable bonds is 7. The Labute approximate surface area is 135 Å². The number of carbonyl (C=O) groups excluding carboxylic acids is 1. The van der Waals surface area contributed by atoms with Gasteiger partial charge in [-0.15, -0.1) is 0 Å². The molecular formula is C17H22FNO4. The summed E-state index contributed by atoms with van der Waals surface area (Å²) in [4.78, 5) is 24.7. The van der Waals surface area contributed by atoms with Crippen LogP contribution in [-0.4, -0.2) is 41.6 Å². The predicted molar refractivity (Wildman–Crippen MR) is 82.2 cm³/mol. The lowest BCUT2D eigenvalue weighted by Crippen LogP contribution is -2.35. The molecule has 1 aromatic rings. The summed E-state index contributed by atoms with van der Waals surface area (Å²) in [7, 11) is 0. The minimum absolute atomic E-state index is 0.178. The highest BCUT2D eigenvalue weighted by Gasteiger charge is 2.20. The van der Waals surface area contributed by atoms with Gasteiger partial charge < -0.3 is 14.7 Å². The first-order valence-electron chi connectivity index (χ1n) is 7.86. The smallest absolute Gasteiger partial charge is 0.323 e. The predicted octanol–water partition coefficient (Wildman–Crippen LogP) is 2.45. The van der Waals surface area contributed by atoms with E-state index in [1.54, 1.807) is 12.1 Å².